The zero-order valence-corrected chi connectivity index (χ0v) is 26.1. The molecule has 0 aliphatic carbocycles. The molecule has 48 heavy (non-hydrogen) atoms. The van der Waals surface area contributed by atoms with Crippen molar-refractivity contribution < 1.29 is 45.7 Å². The monoisotopic (exact) mass is 699 g/mol. The van der Waals surface area contributed by atoms with E-state index in [9.17, 15) is 31.1 Å². The number of amides is 1. The highest BCUT2D eigenvalue weighted by atomic mass is 32.2. The topological polar surface area (TPSA) is 149 Å². The lowest BCUT2D eigenvalue weighted by Gasteiger charge is -2.17. The summed E-state index contributed by atoms with van der Waals surface area (Å²) in [5, 5.41) is 14.6. The molecule has 2 aromatic heterocycles. The van der Waals surface area contributed by atoms with Crippen molar-refractivity contribution in [2.75, 3.05) is 32.2 Å². The fourth-order valence-electron chi connectivity index (χ4n) is 5.07. The van der Waals surface area contributed by atoms with Crippen LogP contribution in [-0.2, 0) is 18.9 Å². The molecule has 0 unspecified atom stereocenters. The van der Waals surface area contributed by atoms with Gasteiger partial charge in [0, 0.05) is 18.0 Å². The van der Waals surface area contributed by atoms with Crippen molar-refractivity contribution in [2.45, 2.75) is 61.1 Å². The first-order chi connectivity index (χ1) is 22.8. The number of nitrogens with one attached hydrogen (secondary N) is 2. The van der Waals surface area contributed by atoms with Crippen LogP contribution in [0.15, 0.2) is 46.7 Å². The van der Waals surface area contributed by atoms with E-state index in [-0.39, 0.29) is 46.2 Å². The van der Waals surface area contributed by atoms with E-state index in [2.05, 4.69) is 25.6 Å². The number of ether oxygens (including phenoxy) is 2. The van der Waals surface area contributed by atoms with Gasteiger partial charge in [0.1, 0.15) is 6.33 Å². The summed E-state index contributed by atoms with van der Waals surface area (Å²) in [5.41, 5.74) is 3.64. The van der Waals surface area contributed by atoms with Gasteiger partial charge in [0.2, 0.25) is 6.79 Å². The average Bonchev–Trinajstić information content (AvgIpc) is 3.63. The zero-order chi connectivity index (χ0) is 34.5. The maximum absolute atomic E-state index is 13.8. The molecule has 0 atom stereocenters. The third-order valence-electron chi connectivity index (χ3n) is 7.39. The molecule has 2 aromatic carbocycles. The molecule has 5 rings (SSSR count). The molecule has 0 saturated carbocycles. The van der Waals surface area contributed by atoms with E-state index in [4.69, 9.17) is 20.3 Å². The predicted octanol–water partition coefficient (Wildman–Crippen LogP) is 6.80. The second-order valence-corrected chi connectivity index (χ2v) is 11.8. The van der Waals surface area contributed by atoms with E-state index in [1.807, 2.05) is 0 Å². The summed E-state index contributed by atoms with van der Waals surface area (Å²) in [7, 11) is 0. The number of imidazole rings is 1. The lowest BCUT2D eigenvalue weighted by Crippen LogP contribution is -2.21. The summed E-state index contributed by atoms with van der Waals surface area (Å²) >= 11 is 1.01. The van der Waals surface area contributed by atoms with Crippen LogP contribution in [0.5, 0.6) is 11.5 Å². The van der Waals surface area contributed by atoms with E-state index in [0.717, 1.165) is 44.0 Å². The number of rotatable bonds is 14. The molecule has 0 spiro atoms. The van der Waals surface area contributed by atoms with Gasteiger partial charge in [-0.05, 0) is 73.8 Å². The van der Waals surface area contributed by atoms with Gasteiger partial charge in [-0.3, -0.25) is 0 Å². The summed E-state index contributed by atoms with van der Waals surface area (Å²) < 4.78 is 95.2. The van der Waals surface area contributed by atoms with E-state index in [1.165, 1.54) is 18.5 Å². The third-order valence-corrected chi connectivity index (χ3v) is 8.44. The molecule has 0 radical (unpaired) electrons. The fourth-order valence-corrected chi connectivity index (χ4v) is 6.14. The Bertz CT molecular complexity index is 1730. The lowest BCUT2D eigenvalue weighted by molar-refractivity contribution is -0.143. The summed E-state index contributed by atoms with van der Waals surface area (Å²) in [6, 6.07) is 4.27. The van der Waals surface area contributed by atoms with E-state index >= 15 is 0 Å². The van der Waals surface area contributed by atoms with Gasteiger partial charge >= 0.3 is 18.4 Å². The number of nitrogen functional groups attached to an aromatic ring is 1. The standard InChI is InChI=1S/C30H31F6N7O4S/c31-29(32,33)18-10-17(11-19(12-18)30(34,35)36)20-13-21-22(47-16-46-21)14-23(20)48-27-42-24-25(37)40-15-41-26(24)43(27)9-5-7-38-6-3-1-2-4-8-39-28(44)45/h10-15,38-39H,1-9,16H2,(H,44,45)(H2,37,40,41). The molecule has 4 aromatic rings. The first-order valence-corrected chi connectivity index (χ1v) is 15.7. The molecular weight excluding hydrogens is 668 g/mol. The quantitative estimate of drug-likeness (QED) is 0.0818. The van der Waals surface area contributed by atoms with Crippen LogP contribution >= 0.6 is 11.8 Å². The normalized spacial score (nSPS) is 13.0. The van der Waals surface area contributed by atoms with Crippen LogP contribution in [-0.4, -0.2) is 57.1 Å². The number of anilines is 1. The van der Waals surface area contributed by atoms with Gasteiger partial charge in [0.25, 0.3) is 0 Å². The Morgan fingerprint density at radius 1 is 0.896 bits per heavy atom. The Balaban J connectivity index is 1.39. The Morgan fingerprint density at radius 3 is 2.21 bits per heavy atom. The van der Waals surface area contributed by atoms with Crippen LogP contribution in [0.3, 0.4) is 0 Å². The molecule has 3 heterocycles. The highest BCUT2D eigenvalue weighted by Gasteiger charge is 2.37. The van der Waals surface area contributed by atoms with Crippen molar-refractivity contribution in [1.29, 1.82) is 0 Å². The molecule has 1 aliphatic heterocycles. The first kappa shape index (κ1) is 34.9. The van der Waals surface area contributed by atoms with Gasteiger partial charge in [-0.15, -0.1) is 0 Å². The van der Waals surface area contributed by atoms with Crippen LogP contribution in [0.4, 0.5) is 37.0 Å². The molecule has 5 N–H and O–H groups in total. The molecule has 258 valence electrons. The predicted molar refractivity (Wildman–Crippen MR) is 164 cm³/mol. The van der Waals surface area contributed by atoms with Gasteiger partial charge < -0.3 is 35.5 Å². The molecule has 0 fully saturated rings. The Kier molecular flexibility index (Phi) is 10.7. The molecule has 1 aliphatic rings. The number of benzene rings is 2. The number of aromatic nitrogens is 4. The summed E-state index contributed by atoms with van der Waals surface area (Å²) in [6.45, 7) is 2.04. The molecular formula is C30H31F6N7O4S. The van der Waals surface area contributed by atoms with Crippen molar-refractivity contribution in [3.63, 3.8) is 0 Å². The van der Waals surface area contributed by atoms with Crippen LogP contribution < -0.4 is 25.8 Å². The zero-order valence-electron chi connectivity index (χ0n) is 25.2. The molecule has 18 heteroatoms. The maximum Gasteiger partial charge on any atom is 0.416 e. The number of unbranched alkanes of at least 4 members (excludes halogenated alkanes) is 3. The van der Waals surface area contributed by atoms with Crippen molar-refractivity contribution in [2.24, 2.45) is 0 Å². The number of hydrogen-bond acceptors (Lipinski definition) is 9. The summed E-state index contributed by atoms with van der Waals surface area (Å²) in [5.74, 6) is 0.552. The molecule has 11 nitrogen and oxygen atoms in total. The summed E-state index contributed by atoms with van der Waals surface area (Å²) in [6.07, 6.45) is -5.70. The smallest absolute Gasteiger partial charge is 0.416 e. The minimum absolute atomic E-state index is 0.0546. The van der Waals surface area contributed by atoms with E-state index in [1.54, 1.807) is 4.57 Å². The molecule has 0 saturated heterocycles. The second kappa shape index (κ2) is 14.8. The minimum atomic E-state index is -5.03. The number of aryl methyl sites for hydroxylation is 1. The van der Waals surface area contributed by atoms with Crippen molar-refractivity contribution >= 4 is 34.8 Å². The number of nitrogens with zero attached hydrogens (tertiary/aromatic N) is 4. The fraction of sp³-hybridized carbons (Fsp3) is 0.400. The van der Waals surface area contributed by atoms with Crippen LogP contribution in [0.25, 0.3) is 22.3 Å². The number of hydrogen-bond donors (Lipinski definition) is 4. The Morgan fingerprint density at radius 2 is 1.54 bits per heavy atom. The van der Waals surface area contributed by atoms with Gasteiger partial charge in [-0.25, -0.2) is 19.7 Å². The van der Waals surface area contributed by atoms with E-state index in [0.29, 0.717) is 54.5 Å². The second-order valence-electron chi connectivity index (χ2n) is 10.8. The number of nitrogens with two attached hydrogens (primary N) is 1. The van der Waals surface area contributed by atoms with Crippen LogP contribution in [0, 0.1) is 0 Å². The Labute approximate surface area is 274 Å². The lowest BCUT2D eigenvalue weighted by atomic mass is 9.98. The number of halogens is 6. The van der Waals surface area contributed by atoms with Crippen LogP contribution in [0.2, 0.25) is 0 Å². The third kappa shape index (κ3) is 8.52. The molecule has 0 bridgehead atoms. The average molecular weight is 700 g/mol. The van der Waals surface area contributed by atoms with Crippen LogP contribution in [0.1, 0.15) is 43.2 Å². The number of carbonyl (C=O) groups is 1. The van der Waals surface area contributed by atoms with Gasteiger partial charge in [0.15, 0.2) is 33.6 Å². The number of carboxylic acid groups (broad SMARTS) is 1. The maximum atomic E-state index is 13.8. The van der Waals surface area contributed by atoms with Gasteiger partial charge in [-0.1, -0.05) is 24.6 Å². The highest BCUT2D eigenvalue weighted by molar-refractivity contribution is 7.99. The molecule has 1 amide bonds. The highest BCUT2D eigenvalue weighted by Crippen LogP contribution is 2.47. The van der Waals surface area contributed by atoms with Crippen molar-refractivity contribution in [3.05, 3.63) is 47.8 Å². The van der Waals surface area contributed by atoms with E-state index < -0.39 is 29.6 Å². The SMILES string of the molecule is Nc1ncnc2c1nc(Sc1cc3c(cc1-c1cc(C(F)(F)F)cc(C(F)(F)F)c1)OCO3)n2CCCNCCCCCCNC(=O)O. The minimum Gasteiger partial charge on any atom is -0.465 e. The Hall–Kier alpha value is -4.45. The van der Waals surface area contributed by atoms with Gasteiger partial charge in [-0.2, -0.15) is 26.3 Å². The van der Waals surface area contributed by atoms with Crippen molar-refractivity contribution in [1.82, 2.24) is 30.2 Å². The summed E-state index contributed by atoms with van der Waals surface area (Å²) in [4.78, 5) is 23.7. The van der Waals surface area contributed by atoms with Gasteiger partial charge in [0.05, 0.1) is 11.1 Å². The first-order valence-electron chi connectivity index (χ1n) is 14.9. The number of alkyl halides is 6. The van der Waals surface area contributed by atoms with Crippen molar-refractivity contribution in [3.8, 4) is 22.6 Å². The number of fused-ring (bicyclic) bond motifs is 2. The largest absolute Gasteiger partial charge is 0.465 e.